The summed E-state index contributed by atoms with van der Waals surface area (Å²) >= 11 is 0. The Balaban J connectivity index is 2.72. The van der Waals surface area contributed by atoms with Crippen LogP contribution in [0, 0.1) is 0 Å². The SMILES string of the molecule is CC(C)NC(=O)CN(C)C(=O)c1ccc(C(F)(F)F)cc1. The van der Waals surface area contributed by atoms with E-state index in [1.807, 2.05) is 0 Å². The van der Waals surface area contributed by atoms with Crippen molar-refractivity contribution in [1.82, 2.24) is 10.2 Å². The molecule has 0 unspecified atom stereocenters. The molecule has 116 valence electrons. The summed E-state index contributed by atoms with van der Waals surface area (Å²) < 4.78 is 37.3. The number of nitrogens with one attached hydrogen (secondary N) is 1. The van der Waals surface area contributed by atoms with Gasteiger partial charge in [0.1, 0.15) is 0 Å². The molecule has 0 aromatic heterocycles. The summed E-state index contributed by atoms with van der Waals surface area (Å²) in [5, 5.41) is 2.63. The van der Waals surface area contributed by atoms with Crippen molar-refractivity contribution in [2.45, 2.75) is 26.1 Å². The van der Waals surface area contributed by atoms with Crippen LogP contribution in [-0.2, 0) is 11.0 Å². The lowest BCUT2D eigenvalue weighted by molar-refractivity contribution is -0.137. The maximum absolute atomic E-state index is 12.4. The van der Waals surface area contributed by atoms with E-state index in [0.29, 0.717) is 0 Å². The first-order chi connectivity index (χ1) is 9.61. The van der Waals surface area contributed by atoms with Crippen molar-refractivity contribution in [3.8, 4) is 0 Å². The molecule has 1 rings (SSSR count). The number of amides is 2. The van der Waals surface area contributed by atoms with Crippen molar-refractivity contribution < 1.29 is 22.8 Å². The third-order valence-electron chi connectivity index (χ3n) is 2.64. The Kier molecular flexibility index (Phi) is 5.34. The van der Waals surface area contributed by atoms with Crippen LogP contribution in [0.5, 0.6) is 0 Å². The molecule has 0 saturated heterocycles. The number of hydrogen-bond donors (Lipinski definition) is 1. The smallest absolute Gasteiger partial charge is 0.352 e. The van der Waals surface area contributed by atoms with E-state index in [9.17, 15) is 22.8 Å². The summed E-state index contributed by atoms with van der Waals surface area (Å²) in [7, 11) is 1.42. The zero-order chi connectivity index (χ0) is 16.2. The van der Waals surface area contributed by atoms with Crippen molar-refractivity contribution in [3.05, 3.63) is 35.4 Å². The van der Waals surface area contributed by atoms with Gasteiger partial charge in [0.25, 0.3) is 5.91 Å². The minimum absolute atomic E-state index is 0.0490. The highest BCUT2D eigenvalue weighted by Gasteiger charge is 2.30. The molecule has 0 saturated carbocycles. The van der Waals surface area contributed by atoms with Gasteiger partial charge in [-0.3, -0.25) is 9.59 Å². The molecule has 0 spiro atoms. The molecule has 1 aromatic rings. The Bertz CT molecular complexity index is 510. The van der Waals surface area contributed by atoms with Crippen LogP contribution in [0.1, 0.15) is 29.8 Å². The van der Waals surface area contributed by atoms with E-state index in [1.54, 1.807) is 13.8 Å². The van der Waals surface area contributed by atoms with E-state index in [1.165, 1.54) is 7.05 Å². The summed E-state index contributed by atoms with van der Waals surface area (Å²) in [5.74, 6) is -0.838. The zero-order valence-corrected chi connectivity index (χ0v) is 12.0. The van der Waals surface area contributed by atoms with E-state index in [0.717, 1.165) is 29.2 Å². The van der Waals surface area contributed by atoms with E-state index < -0.39 is 17.6 Å². The average molecular weight is 302 g/mol. The maximum atomic E-state index is 12.4. The van der Waals surface area contributed by atoms with Gasteiger partial charge >= 0.3 is 6.18 Å². The van der Waals surface area contributed by atoms with Crippen molar-refractivity contribution >= 4 is 11.8 Å². The van der Waals surface area contributed by atoms with Crippen LogP contribution in [0.15, 0.2) is 24.3 Å². The molecule has 1 N–H and O–H groups in total. The van der Waals surface area contributed by atoms with Crippen LogP contribution in [0.25, 0.3) is 0 Å². The van der Waals surface area contributed by atoms with Crippen LogP contribution in [-0.4, -0.2) is 36.3 Å². The Morgan fingerprint density at radius 2 is 1.71 bits per heavy atom. The molecule has 1 aromatic carbocycles. The number of alkyl halides is 3. The summed E-state index contributed by atoms with van der Waals surface area (Å²) in [6, 6.07) is 3.83. The predicted molar refractivity (Wildman–Crippen MR) is 71.7 cm³/mol. The molecular weight excluding hydrogens is 285 g/mol. The minimum atomic E-state index is -4.44. The molecular formula is C14H17F3N2O2. The van der Waals surface area contributed by atoms with Crippen LogP contribution >= 0.6 is 0 Å². The fraction of sp³-hybridized carbons (Fsp3) is 0.429. The van der Waals surface area contributed by atoms with Crippen molar-refractivity contribution in [3.63, 3.8) is 0 Å². The number of halogens is 3. The molecule has 0 aliphatic carbocycles. The highest BCUT2D eigenvalue weighted by atomic mass is 19.4. The number of benzene rings is 1. The quantitative estimate of drug-likeness (QED) is 0.928. The summed E-state index contributed by atoms with van der Waals surface area (Å²) in [4.78, 5) is 24.7. The lowest BCUT2D eigenvalue weighted by Crippen LogP contribution is -2.40. The Morgan fingerprint density at radius 3 is 2.14 bits per heavy atom. The van der Waals surface area contributed by atoms with E-state index in [-0.39, 0.29) is 24.1 Å². The predicted octanol–water partition coefficient (Wildman–Crippen LogP) is 2.30. The third-order valence-corrected chi connectivity index (χ3v) is 2.64. The molecule has 0 atom stereocenters. The zero-order valence-electron chi connectivity index (χ0n) is 12.0. The van der Waals surface area contributed by atoms with Crippen molar-refractivity contribution in [1.29, 1.82) is 0 Å². The van der Waals surface area contributed by atoms with Gasteiger partial charge in [-0.1, -0.05) is 0 Å². The van der Waals surface area contributed by atoms with Gasteiger partial charge in [0, 0.05) is 18.7 Å². The second kappa shape index (κ2) is 6.60. The van der Waals surface area contributed by atoms with Crippen LogP contribution in [0.4, 0.5) is 13.2 Å². The van der Waals surface area contributed by atoms with Gasteiger partial charge in [-0.15, -0.1) is 0 Å². The molecule has 0 radical (unpaired) electrons. The molecule has 21 heavy (non-hydrogen) atoms. The molecule has 0 fully saturated rings. The Hall–Kier alpha value is -2.05. The number of likely N-dealkylation sites (N-methyl/N-ethyl adjacent to an activating group) is 1. The number of carbonyl (C=O) groups excluding carboxylic acids is 2. The number of nitrogens with zero attached hydrogens (tertiary/aromatic N) is 1. The van der Waals surface area contributed by atoms with Crippen LogP contribution in [0.2, 0.25) is 0 Å². The van der Waals surface area contributed by atoms with Crippen LogP contribution in [0.3, 0.4) is 0 Å². The van der Waals surface area contributed by atoms with E-state index in [2.05, 4.69) is 5.32 Å². The highest BCUT2D eigenvalue weighted by molar-refractivity contribution is 5.96. The fourth-order valence-electron chi connectivity index (χ4n) is 1.68. The summed E-state index contributed by atoms with van der Waals surface area (Å²) in [5.41, 5.74) is -0.720. The highest BCUT2D eigenvalue weighted by Crippen LogP contribution is 2.29. The second-order valence-corrected chi connectivity index (χ2v) is 4.96. The fourth-order valence-corrected chi connectivity index (χ4v) is 1.68. The van der Waals surface area contributed by atoms with Gasteiger partial charge < -0.3 is 10.2 Å². The lowest BCUT2D eigenvalue weighted by atomic mass is 10.1. The molecule has 2 amide bonds. The lowest BCUT2D eigenvalue weighted by Gasteiger charge is -2.18. The van der Waals surface area contributed by atoms with Gasteiger partial charge in [-0.05, 0) is 38.1 Å². The number of carbonyl (C=O) groups is 2. The van der Waals surface area contributed by atoms with Crippen LogP contribution < -0.4 is 5.32 Å². The minimum Gasteiger partial charge on any atom is -0.352 e. The normalized spacial score (nSPS) is 11.4. The first-order valence-electron chi connectivity index (χ1n) is 6.33. The molecule has 0 heterocycles. The van der Waals surface area contributed by atoms with E-state index >= 15 is 0 Å². The largest absolute Gasteiger partial charge is 0.416 e. The monoisotopic (exact) mass is 302 g/mol. The van der Waals surface area contributed by atoms with Gasteiger partial charge in [-0.25, -0.2) is 0 Å². The second-order valence-electron chi connectivity index (χ2n) is 4.96. The first-order valence-corrected chi connectivity index (χ1v) is 6.33. The molecule has 0 aliphatic rings. The Morgan fingerprint density at radius 1 is 1.19 bits per heavy atom. The summed E-state index contributed by atoms with van der Waals surface area (Å²) in [6.07, 6.45) is -4.44. The molecule has 0 bridgehead atoms. The average Bonchev–Trinajstić information content (AvgIpc) is 2.35. The standard InChI is InChI=1S/C14H17F3N2O2/c1-9(2)18-12(20)8-19(3)13(21)10-4-6-11(7-5-10)14(15,16)17/h4-7,9H,8H2,1-3H3,(H,18,20). The molecule has 0 aliphatic heterocycles. The first kappa shape index (κ1) is 17.0. The van der Waals surface area contributed by atoms with Gasteiger partial charge in [0.2, 0.25) is 5.91 Å². The third kappa shape index (κ3) is 5.09. The number of hydrogen-bond acceptors (Lipinski definition) is 2. The van der Waals surface area contributed by atoms with Crippen molar-refractivity contribution in [2.24, 2.45) is 0 Å². The maximum Gasteiger partial charge on any atom is 0.416 e. The molecule has 4 nitrogen and oxygen atoms in total. The number of rotatable bonds is 4. The summed E-state index contributed by atoms with van der Waals surface area (Å²) in [6.45, 7) is 3.42. The molecule has 7 heteroatoms. The van der Waals surface area contributed by atoms with E-state index in [4.69, 9.17) is 0 Å². The topological polar surface area (TPSA) is 49.4 Å². The Labute approximate surface area is 120 Å². The van der Waals surface area contributed by atoms with Gasteiger partial charge in [-0.2, -0.15) is 13.2 Å². The van der Waals surface area contributed by atoms with Gasteiger partial charge in [0.05, 0.1) is 12.1 Å². The van der Waals surface area contributed by atoms with Crippen molar-refractivity contribution in [2.75, 3.05) is 13.6 Å². The van der Waals surface area contributed by atoms with Gasteiger partial charge in [0.15, 0.2) is 0 Å².